The van der Waals surface area contributed by atoms with E-state index in [1.165, 1.54) is 12.8 Å². The van der Waals surface area contributed by atoms with Gasteiger partial charge in [0.15, 0.2) is 0 Å². The summed E-state index contributed by atoms with van der Waals surface area (Å²) in [6, 6.07) is 9.09. The number of halogens is 1. The molecule has 4 heteroatoms. The monoisotopic (exact) mass is 332 g/mol. The molecule has 23 heavy (non-hydrogen) atoms. The first-order valence-corrected chi connectivity index (χ1v) is 9.37. The standard InChI is InChI=1S/C19H25ClN2O/c20-15-5-3-14(4-6-15)19(10-1-2-11-19)18(23)22-12-9-16-7-8-17(13-22)21-16/h3-6,16-17,21H,1-2,7-13H2. The lowest BCUT2D eigenvalue weighted by Crippen LogP contribution is -2.48. The van der Waals surface area contributed by atoms with Gasteiger partial charge in [-0.05, 0) is 49.8 Å². The summed E-state index contributed by atoms with van der Waals surface area (Å²) in [4.78, 5) is 15.7. The number of likely N-dealkylation sites (tertiary alicyclic amines) is 1. The number of nitrogens with one attached hydrogen (secondary N) is 1. The molecule has 0 spiro atoms. The van der Waals surface area contributed by atoms with E-state index < -0.39 is 0 Å². The van der Waals surface area contributed by atoms with Crippen LogP contribution in [0.3, 0.4) is 0 Å². The average Bonchev–Trinajstić information content (AvgIpc) is 3.15. The molecule has 1 aromatic carbocycles. The second-order valence-electron chi connectivity index (χ2n) is 7.47. The largest absolute Gasteiger partial charge is 0.340 e. The van der Waals surface area contributed by atoms with E-state index in [1.54, 1.807) is 0 Å². The molecule has 3 aliphatic rings. The van der Waals surface area contributed by atoms with Crippen LogP contribution in [-0.2, 0) is 10.2 Å². The van der Waals surface area contributed by atoms with Crippen LogP contribution in [0.4, 0.5) is 0 Å². The Hall–Kier alpha value is -1.06. The van der Waals surface area contributed by atoms with Crippen molar-refractivity contribution in [3.63, 3.8) is 0 Å². The molecule has 0 aromatic heterocycles. The van der Waals surface area contributed by atoms with Crippen molar-refractivity contribution in [2.24, 2.45) is 0 Å². The molecular formula is C19H25ClN2O. The molecule has 1 N–H and O–H groups in total. The predicted octanol–water partition coefficient (Wildman–Crippen LogP) is 3.50. The van der Waals surface area contributed by atoms with Crippen molar-refractivity contribution in [3.8, 4) is 0 Å². The summed E-state index contributed by atoms with van der Waals surface area (Å²) < 4.78 is 0. The van der Waals surface area contributed by atoms with Gasteiger partial charge in [0.05, 0.1) is 5.41 Å². The van der Waals surface area contributed by atoms with Gasteiger partial charge in [-0.2, -0.15) is 0 Å². The minimum atomic E-state index is -0.311. The van der Waals surface area contributed by atoms with E-state index in [2.05, 4.69) is 22.3 Å². The zero-order valence-corrected chi connectivity index (χ0v) is 14.3. The van der Waals surface area contributed by atoms with Crippen LogP contribution in [0, 0.1) is 0 Å². The van der Waals surface area contributed by atoms with Crippen LogP contribution in [0.1, 0.15) is 50.5 Å². The topological polar surface area (TPSA) is 32.3 Å². The van der Waals surface area contributed by atoms with Gasteiger partial charge in [-0.15, -0.1) is 0 Å². The van der Waals surface area contributed by atoms with E-state index in [9.17, 15) is 4.79 Å². The number of amides is 1. The summed E-state index contributed by atoms with van der Waals surface area (Å²) in [5.74, 6) is 0.353. The molecule has 2 heterocycles. The third kappa shape index (κ3) is 2.78. The lowest BCUT2D eigenvalue weighted by molar-refractivity contribution is -0.137. The van der Waals surface area contributed by atoms with Crippen molar-refractivity contribution >= 4 is 17.5 Å². The maximum atomic E-state index is 13.5. The number of rotatable bonds is 2. The van der Waals surface area contributed by atoms with Crippen LogP contribution in [-0.4, -0.2) is 36.0 Å². The van der Waals surface area contributed by atoms with Crippen molar-refractivity contribution in [2.75, 3.05) is 13.1 Å². The molecule has 124 valence electrons. The van der Waals surface area contributed by atoms with E-state index in [-0.39, 0.29) is 5.41 Å². The first-order chi connectivity index (χ1) is 11.2. The Morgan fingerprint density at radius 3 is 2.52 bits per heavy atom. The molecule has 4 rings (SSSR count). The minimum absolute atomic E-state index is 0.311. The molecule has 0 radical (unpaired) electrons. The molecule has 2 aliphatic heterocycles. The molecule has 2 saturated heterocycles. The minimum Gasteiger partial charge on any atom is -0.340 e. The SMILES string of the molecule is O=C(N1CCC2CCC(C1)N2)C1(c2ccc(Cl)cc2)CCCC1. The van der Waals surface area contributed by atoms with Crippen molar-refractivity contribution in [1.29, 1.82) is 0 Å². The van der Waals surface area contributed by atoms with Crippen LogP contribution >= 0.6 is 11.6 Å². The Morgan fingerprint density at radius 2 is 1.78 bits per heavy atom. The highest BCUT2D eigenvalue weighted by Gasteiger charge is 2.46. The number of carbonyl (C=O) groups is 1. The molecule has 2 unspecified atom stereocenters. The average molecular weight is 333 g/mol. The second-order valence-corrected chi connectivity index (χ2v) is 7.91. The van der Waals surface area contributed by atoms with Gasteiger partial charge >= 0.3 is 0 Å². The first kappa shape index (κ1) is 15.5. The van der Waals surface area contributed by atoms with Crippen molar-refractivity contribution in [1.82, 2.24) is 10.2 Å². The molecule has 3 fully saturated rings. The smallest absolute Gasteiger partial charge is 0.233 e. The summed E-state index contributed by atoms with van der Waals surface area (Å²) in [5.41, 5.74) is 0.848. The molecule has 1 aliphatic carbocycles. The van der Waals surface area contributed by atoms with Crippen LogP contribution in [0.5, 0.6) is 0 Å². The number of fused-ring (bicyclic) bond motifs is 2. The van der Waals surface area contributed by atoms with Gasteiger partial charge in [-0.25, -0.2) is 0 Å². The highest BCUT2D eigenvalue weighted by molar-refractivity contribution is 6.30. The van der Waals surface area contributed by atoms with Gasteiger partial charge in [0.2, 0.25) is 5.91 Å². The lowest BCUT2D eigenvalue weighted by atomic mass is 9.77. The number of hydrogen-bond acceptors (Lipinski definition) is 2. The molecule has 1 aromatic rings. The molecule has 1 amide bonds. The van der Waals surface area contributed by atoms with Gasteiger partial charge in [0.25, 0.3) is 0 Å². The van der Waals surface area contributed by atoms with E-state index >= 15 is 0 Å². The fraction of sp³-hybridized carbons (Fsp3) is 0.632. The van der Waals surface area contributed by atoms with E-state index in [4.69, 9.17) is 11.6 Å². The third-order valence-corrected chi connectivity index (χ3v) is 6.33. The Balaban J connectivity index is 1.61. The van der Waals surface area contributed by atoms with E-state index in [0.717, 1.165) is 55.8 Å². The summed E-state index contributed by atoms with van der Waals surface area (Å²) in [6.07, 6.45) is 7.83. The summed E-state index contributed by atoms with van der Waals surface area (Å²) in [6.45, 7) is 1.78. The van der Waals surface area contributed by atoms with Crippen LogP contribution in [0.2, 0.25) is 5.02 Å². The summed E-state index contributed by atoms with van der Waals surface area (Å²) >= 11 is 6.05. The van der Waals surface area contributed by atoms with Crippen molar-refractivity contribution in [3.05, 3.63) is 34.9 Å². The second kappa shape index (κ2) is 6.10. The highest BCUT2D eigenvalue weighted by Crippen LogP contribution is 2.43. The van der Waals surface area contributed by atoms with Gasteiger partial charge in [0, 0.05) is 30.2 Å². The lowest BCUT2D eigenvalue weighted by Gasteiger charge is -2.35. The molecule has 2 atom stereocenters. The number of nitrogens with zero attached hydrogens (tertiary/aromatic N) is 1. The van der Waals surface area contributed by atoms with Gasteiger partial charge in [-0.3, -0.25) is 4.79 Å². The Labute approximate surface area is 143 Å². The number of hydrogen-bond donors (Lipinski definition) is 1. The molecule has 1 saturated carbocycles. The molecular weight excluding hydrogens is 308 g/mol. The van der Waals surface area contributed by atoms with Crippen molar-refractivity contribution < 1.29 is 4.79 Å². The zero-order chi connectivity index (χ0) is 15.9. The predicted molar refractivity (Wildman–Crippen MR) is 92.7 cm³/mol. The Bertz CT molecular complexity index is 580. The first-order valence-electron chi connectivity index (χ1n) is 8.99. The van der Waals surface area contributed by atoms with Crippen LogP contribution in [0.25, 0.3) is 0 Å². The van der Waals surface area contributed by atoms with Crippen LogP contribution in [0.15, 0.2) is 24.3 Å². The highest BCUT2D eigenvalue weighted by atomic mass is 35.5. The maximum absolute atomic E-state index is 13.5. The van der Waals surface area contributed by atoms with Gasteiger partial charge < -0.3 is 10.2 Å². The fourth-order valence-electron chi connectivity index (χ4n) is 4.80. The molecule has 3 nitrogen and oxygen atoms in total. The van der Waals surface area contributed by atoms with Crippen LogP contribution < -0.4 is 5.32 Å². The normalized spacial score (nSPS) is 29.5. The Kier molecular flexibility index (Phi) is 4.10. The third-order valence-electron chi connectivity index (χ3n) is 6.07. The number of benzene rings is 1. The van der Waals surface area contributed by atoms with E-state index in [0.29, 0.717) is 18.0 Å². The summed E-state index contributed by atoms with van der Waals surface area (Å²) in [5, 5.41) is 4.42. The fourth-order valence-corrected chi connectivity index (χ4v) is 4.93. The summed E-state index contributed by atoms with van der Waals surface area (Å²) in [7, 11) is 0. The quantitative estimate of drug-likeness (QED) is 0.899. The zero-order valence-electron chi connectivity index (χ0n) is 13.6. The maximum Gasteiger partial charge on any atom is 0.233 e. The van der Waals surface area contributed by atoms with Gasteiger partial charge in [-0.1, -0.05) is 36.6 Å². The Morgan fingerprint density at radius 1 is 1.09 bits per heavy atom. The number of carbonyl (C=O) groups excluding carboxylic acids is 1. The van der Waals surface area contributed by atoms with Gasteiger partial charge in [0.1, 0.15) is 0 Å². The van der Waals surface area contributed by atoms with Crippen molar-refractivity contribution in [2.45, 2.75) is 62.4 Å². The molecule has 2 bridgehead atoms. The van der Waals surface area contributed by atoms with E-state index in [1.807, 2.05) is 12.1 Å².